The normalized spacial score (nSPS) is 14.6. The molecule has 0 heterocycles. The highest BCUT2D eigenvalue weighted by Crippen LogP contribution is 2.45. The van der Waals surface area contributed by atoms with Gasteiger partial charge in [-0.05, 0) is 19.3 Å². The van der Waals surface area contributed by atoms with E-state index in [0.717, 1.165) is 64.2 Å². The van der Waals surface area contributed by atoms with E-state index in [1.54, 1.807) is 6.92 Å². The van der Waals surface area contributed by atoms with E-state index >= 15 is 0 Å². The monoisotopic (exact) mass is 1020 g/mol. The van der Waals surface area contributed by atoms with Gasteiger partial charge in [-0.25, -0.2) is 9.13 Å². The smallest absolute Gasteiger partial charge is 0.462 e. The van der Waals surface area contributed by atoms with Crippen LogP contribution in [-0.2, 0) is 65.4 Å². The third-order valence-electron chi connectivity index (χ3n) is 11.2. The van der Waals surface area contributed by atoms with Crippen LogP contribution in [0.4, 0.5) is 0 Å². The molecule has 402 valence electrons. The van der Waals surface area contributed by atoms with Crippen molar-refractivity contribution in [3.8, 4) is 0 Å². The lowest BCUT2D eigenvalue weighted by atomic mass is 10.0. The summed E-state index contributed by atoms with van der Waals surface area (Å²) in [5.41, 5.74) is 0. The van der Waals surface area contributed by atoms with Crippen molar-refractivity contribution in [2.45, 2.75) is 251 Å². The minimum atomic E-state index is -4.91. The third kappa shape index (κ3) is 44.0. The minimum Gasteiger partial charge on any atom is -0.462 e. The van der Waals surface area contributed by atoms with Gasteiger partial charge in [-0.15, -0.1) is 0 Å². The fourth-order valence-corrected chi connectivity index (χ4v) is 8.60. The Kier molecular flexibility index (Phi) is 43.7. The van der Waals surface area contributed by atoms with Gasteiger partial charge in [0.2, 0.25) is 0 Å². The van der Waals surface area contributed by atoms with Crippen LogP contribution < -0.4 is 0 Å². The molecule has 3 N–H and O–H groups in total. The summed E-state index contributed by atoms with van der Waals surface area (Å²) in [5.74, 6) is -2.27. The second-order valence-electron chi connectivity index (χ2n) is 17.8. The number of hydrogen-bond acceptors (Lipinski definition) is 15. The van der Waals surface area contributed by atoms with Crippen LogP contribution in [0.15, 0.2) is 0 Å². The molecule has 0 aliphatic heterocycles. The first-order valence-electron chi connectivity index (χ1n) is 26.3. The molecule has 68 heavy (non-hydrogen) atoms. The van der Waals surface area contributed by atoms with Crippen LogP contribution in [0.5, 0.6) is 0 Å². The number of aliphatic hydroxyl groups excluding tert-OH is 1. The van der Waals surface area contributed by atoms with Crippen molar-refractivity contribution >= 4 is 39.5 Å². The van der Waals surface area contributed by atoms with Crippen molar-refractivity contribution in [3.05, 3.63) is 0 Å². The number of rotatable bonds is 50. The number of ether oxygens (including phenoxy) is 4. The second kappa shape index (κ2) is 45.0. The lowest BCUT2D eigenvalue weighted by Gasteiger charge is -2.21. The maximum absolute atomic E-state index is 12.7. The lowest BCUT2D eigenvalue weighted by Crippen LogP contribution is -2.30. The second-order valence-corrected chi connectivity index (χ2v) is 20.7. The molecule has 0 saturated carbocycles. The van der Waals surface area contributed by atoms with Crippen molar-refractivity contribution in [1.29, 1.82) is 0 Å². The van der Waals surface area contributed by atoms with Crippen molar-refractivity contribution < 1.29 is 80.2 Å². The lowest BCUT2D eigenvalue weighted by molar-refractivity contribution is -0.161. The minimum absolute atomic E-state index is 0.0517. The summed E-state index contributed by atoms with van der Waals surface area (Å²) in [6.07, 6.45) is 26.9. The zero-order valence-electron chi connectivity index (χ0n) is 42.6. The molecule has 0 bridgehead atoms. The molecule has 0 aliphatic rings. The summed E-state index contributed by atoms with van der Waals surface area (Å²) in [6.45, 7) is 4.03. The van der Waals surface area contributed by atoms with Gasteiger partial charge < -0.3 is 33.8 Å². The summed E-state index contributed by atoms with van der Waals surface area (Å²) < 4.78 is 66.2. The van der Waals surface area contributed by atoms with E-state index < -0.39 is 97.5 Å². The molecule has 19 heteroatoms. The molecule has 0 spiro atoms. The Bertz CT molecular complexity index is 1350. The topological polar surface area (TPSA) is 237 Å². The third-order valence-corrected chi connectivity index (χ3v) is 13.1. The van der Waals surface area contributed by atoms with Crippen molar-refractivity contribution in [1.82, 2.24) is 0 Å². The Balaban J connectivity index is 4.80. The Hall–Kier alpha value is -1.94. The molecule has 0 aromatic rings. The van der Waals surface area contributed by atoms with Crippen LogP contribution in [0.1, 0.15) is 233 Å². The maximum Gasteiger partial charge on any atom is 0.472 e. The molecule has 0 rings (SSSR count). The standard InChI is InChI=1S/C49H94O17P2/c1-5-9-12-15-17-19-20-21-22-23-24-26-28-30-33-36-49(54)65-44(39-59-46(51)8-4)41-63-67(55,56)61-37-43(50)38-62-68(57,58)64-42-45(66-48(53)35-31-14-11-7-3)40-60-47(52)34-32-29-27-25-18-16-13-10-6-2/h43-45,50H,5-42H2,1-4H3,(H,55,56)(H,57,58)/t43-,44-,45-/m1/s1. The van der Waals surface area contributed by atoms with Crippen LogP contribution >= 0.6 is 15.6 Å². The highest BCUT2D eigenvalue weighted by atomic mass is 31.2. The number of phosphoric ester groups is 2. The number of esters is 4. The van der Waals surface area contributed by atoms with Gasteiger partial charge in [-0.3, -0.25) is 37.3 Å². The Labute approximate surface area is 409 Å². The molecule has 0 aromatic heterocycles. The van der Waals surface area contributed by atoms with Gasteiger partial charge >= 0.3 is 39.5 Å². The van der Waals surface area contributed by atoms with E-state index in [2.05, 4.69) is 13.8 Å². The van der Waals surface area contributed by atoms with Gasteiger partial charge in [-0.1, -0.05) is 188 Å². The van der Waals surface area contributed by atoms with E-state index in [4.69, 9.17) is 37.0 Å². The summed E-state index contributed by atoms with van der Waals surface area (Å²) in [5, 5.41) is 10.3. The Morgan fingerprint density at radius 2 is 0.632 bits per heavy atom. The van der Waals surface area contributed by atoms with Crippen LogP contribution in [0.3, 0.4) is 0 Å². The molecule has 0 saturated heterocycles. The van der Waals surface area contributed by atoms with Gasteiger partial charge in [-0.2, -0.15) is 0 Å². The molecule has 17 nitrogen and oxygen atoms in total. The van der Waals surface area contributed by atoms with Gasteiger partial charge in [0.05, 0.1) is 26.4 Å². The van der Waals surface area contributed by atoms with Gasteiger partial charge in [0, 0.05) is 25.7 Å². The largest absolute Gasteiger partial charge is 0.472 e. The first-order chi connectivity index (χ1) is 32.7. The molecular weight excluding hydrogens is 922 g/mol. The Morgan fingerprint density at radius 1 is 0.368 bits per heavy atom. The van der Waals surface area contributed by atoms with Gasteiger partial charge in [0.25, 0.3) is 0 Å². The van der Waals surface area contributed by atoms with Crippen LogP contribution in [0.25, 0.3) is 0 Å². The number of phosphoric acid groups is 2. The SMILES string of the molecule is CCCCCCCCCCCCCCCCCC(=O)O[C@H](COC(=O)CC)COP(=O)(O)OC[C@@H](O)COP(=O)(O)OC[C@@H](COC(=O)CCCCCCCCCCC)OC(=O)CCCCCC. The highest BCUT2D eigenvalue weighted by Gasteiger charge is 2.30. The molecular formula is C49H94O17P2. The predicted octanol–water partition coefficient (Wildman–Crippen LogP) is 12.1. The van der Waals surface area contributed by atoms with Crippen molar-refractivity contribution in [3.63, 3.8) is 0 Å². The first-order valence-corrected chi connectivity index (χ1v) is 29.3. The average molecular weight is 1020 g/mol. The van der Waals surface area contributed by atoms with E-state index in [1.165, 1.54) is 96.3 Å². The molecule has 5 atom stereocenters. The average Bonchev–Trinajstić information content (AvgIpc) is 3.31. The molecule has 0 aromatic carbocycles. The van der Waals surface area contributed by atoms with Gasteiger partial charge in [0.15, 0.2) is 12.2 Å². The number of hydrogen-bond donors (Lipinski definition) is 3. The molecule has 0 amide bonds. The molecule has 0 aliphatic carbocycles. The summed E-state index contributed by atoms with van der Waals surface area (Å²) in [4.78, 5) is 69.9. The first kappa shape index (κ1) is 66.1. The van der Waals surface area contributed by atoms with E-state index in [9.17, 15) is 43.2 Å². The zero-order valence-corrected chi connectivity index (χ0v) is 44.3. The molecule has 0 radical (unpaired) electrons. The number of carbonyl (C=O) groups is 4. The summed E-state index contributed by atoms with van der Waals surface area (Å²) in [7, 11) is -9.81. The van der Waals surface area contributed by atoms with E-state index in [0.29, 0.717) is 19.3 Å². The van der Waals surface area contributed by atoms with E-state index in [1.807, 2.05) is 6.92 Å². The highest BCUT2D eigenvalue weighted by molar-refractivity contribution is 7.47. The van der Waals surface area contributed by atoms with Crippen molar-refractivity contribution in [2.75, 3.05) is 39.6 Å². The number of unbranched alkanes of at least 4 members (excludes halogenated alkanes) is 25. The van der Waals surface area contributed by atoms with E-state index in [-0.39, 0.29) is 25.7 Å². The van der Waals surface area contributed by atoms with Crippen LogP contribution in [-0.4, -0.2) is 96.7 Å². The van der Waals surface area contributed by atoms with Crippen molar-refractivity contribution in [2.24, 2.45) is 0 Å². The quantitative estimate of drug-likeness (QED) is 0.0222. The summed E-state index contributed by atoms with van der Waals surface area (Å²) in [6, 6.07) is 0. The summed E-state index contributed by atoms with van der Waals surface area (Å²) >= 11 is 0. The van der Waals surface area contributed by atoms with Crippen LogP contribution in [0.2, 0.25) is 0 Å². The fraction of sp³-hybridized carbons (Fsp3) is 0.918. The number of aliphatic hydroxyl groups is 1. The van der Waals surface area contributed by atoms with Crippen LogP contribution in [0, 0.1) is 0 Å². The van der Waals surface area contributed by atoms with Gasteiger partial charge in [0.1, 0.15) is 19.3 Å². The zero-order chi connectivity index (χ0) is 50.6. The molecule has 0 fully saturated rings. The maximum atomic E-state index is 12.7. The predicted molar refractivity (Wildman–Crippen MR) is 262 cm³/mol. The number of carbonyl (C=O) groups excluding carboxylic acids is 4. The molecule has 2 unspecified atom stereocenters. The Morgan fingerprint density at radius 3 is 0.956 bits per heavy atom. The fourth-order valence-electron chi connectivity index (χ4n) is 7.02.